The second-order valence-electron chi connectivity index (χ2n) is 4.26. The number of nitrogens with two attached hydrogens (primary N) is 1. The van der Waals surface area contributed by atoms with E-state index in [1.54, 1.807) is 18.2 Å². The minimum atomic E-state index is -0.544. The maximum Gasteiger partial charge on any atom is 0.257 e. The predicted octanol–water partition coefficient (Wildman–Crippen LogP) is 2.49. The zero-order chi connectivity index (χ0) is 13.8. The number of amides is 1. The monoisotopic (exact) mass is 259 g/mol. The van der Waals surface area contributed by atoms with Gasteiger partial charge in [-0.25, -0.2) is 4.39 Å². The maximum absolute atomic E-state index is 13.0. The third-order valence-corrected chi connectivity index (χ3v) is 2.64. The van der Waals surface area contributed by atoms with Crippen LogP contribution in [0.15, 0.2) is 42.7 Å². The quantitative estimate of drug-likeness (QED) is 0.889. The van der Waals surface area contributed by atoms with Crippen LogP contribution in [0.1, 0.15) is 28.9 Å². The number of anilines is 1. The number of hydrogen-bond acceptors (Lipinski definition) is 3. The number of pyridine rings is 1. The van der Waals surface area contributed by atoms with Crippen molar-refractivity contribution in [2.45, 2.75) is 13.0 Å². The largest absolute Gasteiger partial charge is 0.324 e. The Morgan fingerprint density at radius 1 is 1.37 bits per heavy atom. The summed E-state index contributed by atoms with van der Waals surface area (Å²) >= 11 is 0. The molecule has 1 aromatic heterocycles. The molecule has 0 aliphatic rings. The van der Waals surface area contributed by atoms with Gasteiger partial charge in [0.1, 0.15) is 5.82 Å². The molecule has 0 saturated carbocycles. The number of rotatable bonds is 3. The SMILES string of the molecule is CC(N)c1cccc(NC(=O)c2cncc(F)c2)c1. The first kappa shape index (κ1) is 13.2. The Morgan fingerprint density at radius 2 is 2.16 bits per heavy atom. The van der Waals surface area contributed by atoms with E-state index in [1.165, 1.54) is 6.20 Å². The van der Waals surface area contributed by atoms with Crippen molar-refractivity contribution in [1.82, 2.24) is 4.98 Å². The van der Waals surface area contributed by atoms with Crippen LogP contribution in [0.5, 0.6) is 0 Å². The van der Waals surface area contributed by atoms with E-state index >= 15 is 0 Å². The lowest BCUT2D eigenvalue weighted by Crippen LogP contribution is -2.13. The molecule has 1 atom stereocenters. The summed E-state index contributed by atoms with van der Waals surface area (Å²) in [5, 5.41) is 2.68. The number of nitrogens with one attached hydrogen (secondary N) is 1. The molecule has 19 heavy (non-hydrogen) atoms. The van der Waals surface area contributed by atoms with Gasteiger partial charge >= 0.3 is 0 Å². The van der Waals surface area contributed by atoms with Crippen molar-refractivity contribution in [3.8, 4) is 0 Å². The Morgan fingerprint density at radius 3 is 2.84 bits per heavy atom. The first-order valence-corrected chi connectivity index (χ1v) is 5.83. The van der Waals surface area contributed by atoms with Crippen LogP contribution in [0, 0.1) is 5.82 Å². The molecular weight excluding hydrogens is 245 g/mol. The van der Waals surface area contributed by atoms with Gasteiger partial charge in [-0.2, -0.15) is 0 Å². The highest BCUT2D eigenvalue weighted by atomic mass is 19.1. The summed E-state index contributed by atoms with van der Waals surface area (Å²) < 4.78 is 13.0. The molecule has 1 aromatic carbocycles. The first-order valence-electron chi connectivity index (χ1n) is 5.83. The second kappa shape index (κ2) is 5.58. The molecule has 0 radical (unpaired) electrons. The zero-order valence-electron chi connectivity index (χ0n) is 10.4. The molecule has 0 aliphatic carbocycles. The Balaban J connectivity index is 2.17. The van der Waals surface area contributed by atoms with E-state index in [0.29, 0.717) is 5.69 Å². The van der Waals surface area contributed by atoms with Crippen molar-refractivity contribution in [1.29, 1.82) is 0 Å². The molecule has 1 amide bonds. The lowest BCUT2D eigenvalue weighted by Gasteiger charge is -2.09. The standard InChI is InChI=1S/C14H14FN3O/c1-9(16)10-3-2-4-13(6-10)18-14(19)11-5-12(15)8-17-7-11/h2-9H,16H2,1H3,(H,18,19). The van der Waals surface area contributed by atoms with Crippen LogP contribution in [-0.2, 0) is 0 Å². The van der Waals surface area contributed by atoms with Gasteiger partial charge in [-0.3, -0.25) is 9.78 Å². The first-order chi connectivity index (χ1) is 9.06. The fourth-order valence-corrected chi connectivity index (χ4v) is 1.64. The number of carbonyl (C=O) groups is 1. The number of aromatic nitrogens is 1. The molecule has 4 nitrogen and oxygen atoms in total. The average molecular weight is 259 g/mol. The van der Waals surface area contributed by atoms with Gasteiger partial charge in [0.25, 0.3) is 5.91 Å². The fraction of sp³-hybridized carbons (Fsp3) is 0.143. The van der Waals surface area contributed by atoms with Crippen LogP contribution < -0.4 is 11.1 Å². The number of carbonyl (C=O) groups excluding carboxylic acids is 1. The molecule has 2 rings (SSSR count). The molecule has 2 aromatic rings. The van der Waals surface area contributed by atoms with Crippen LogP contribution >= 0.6 is 0 Å². The number of hydrogen-bond donors (Lipinski definition) is 2. The third kappa shape index (κ3) is 3.35. The molecule has 0 saturated heterocycles. The van der Waals surface area contributed by atoms with Gasteiger partial charge in [-0.05, 0) is 30.7 Å². The summed E-state index contributed by atoms with van der Waals surface area (Å²) in [6.45, 7) is 1.86. The fourth-order valence-electron chi connectivity index (χ4n) is 1.64. The summed E-state index contributed by atoms with van der Waals surface area (Å²) in [6.07, 6.45) is 2.36. The van der Waals surface area contributed by atoms with Crippen LogP contribution in [-0.4, -0.2) is 10.9 Å². The van der Waals surface area contributed by atoms with Crippen molar-refractivity contribution in [2.75, 3.05) is 5.32 Å². The molecule has 0 fully saturated rings. The molecule has 1 heterocycles. The van der Waals surface area contributed by atoms with Gasteiger partial charge in [0.05, 0.1) is 11.8 Å². The van der Waals surface area contributed by atoms with E-state index < -0.39 is 11.7 Å². The predicted molar refractivity (Wildman–Crippen MR) is 71.2 cm³/mol. The molecule has 0 spiro atoms. The van der Waals surface area contributed by atoms with E-state index in [2.05, 4.69) is 10.3 Å². The molecule has 3 N–H and O–H groups in total. The second-order valence-corrected chi connectivity index (χ2v) is 4.26. The molecule has 5 heteroatoms. The molecule has 0 aliphatic heterocycles. The van der Waals surface area contributed by atoms with Gasteiger partial charge in [-0.1, -0.05) is 12.1 Å². The summed E-state index contributed by atoms with van der Waals surface area (Å²) in [7, 11) is 0. The maximum atomic E-state index is 13.0. The van der Waals surface area contributed by atoms with E-state index in [0.717, 1.165) is 17.8 Å². The van der Waals surface area contributed by atoms with Gasteiger partial charge in [0.15, 0.2) is 0 Å². The number of nitrogens with zero attached hydrogens (tertiary/aromatic N) is 1. The third-order valence-electron chi connectivity index (χ3n) is 2.64. The zero-order valence-corrected chi connectivity index (χ0v) is 10.4. The smallest absolute Gasteiger partial charge is 0.257 e. The van der Waals surface area contributed by atoms with Crippen molar-refractivity contribution in [2.24, 2.45) is 5.73 Å². The average Bonchev–Trinajstić information content (AvgIpc) is 2.39. The molecule has 1 unspecified atom stereocenters. The minimum Gasteiger partial charge on any atom is -0.324 e. The highest BCUT2D eigenvalue weighted by Crippen LogP contribution is 2.16. The number of benzene rings is 1. The Bertz CT molecular complexity index is 599. The number of halogens is 1. The minimum absolute atomic E-state index is 0.118. The Hall–Kier alpha value is -2.27. The molecular formula is C14H14FN3O. The van der Waals surface area contributed by atoms with Crippen LogP contribution in [0.3, 0.4) is 0 Å². The van der Waals surface area contributed by atoms with Crippen LogP contribution in [0.2, 0.25) is 0 Å². The van der Waals surface area contributed by atoms with E-state index in [-0.39, 0.29) is 11.6 Å². The van der Waals surface area contributed by atoms with Crippen molar-refractivity contribution in [3.05, 3.63) is 59.7 Å². The van der Waals surface area contributed by atoms with E-state index in [4.69, 9.17) is 5.73 Å². The highest BCUT2D eigenvalue weighted by Gasteiger charge is 2.08. The summed E-state index contributed by atoms with van der Waals surface area (Å²) in [5.74, 6) is -0.953. The summed E-state index contributed by atoms with van der Waals surface area (Å²) in [6, 6.07) is 8.24. The van der Waals surface area contributed by atoms with Crippen molar-refractivity contribution < 1.29 is 9.18 Å². The van der Waals surface area contributed by atoms with E-state index in [1.807, 2.05) is 13.0 Å². The summed E-state index contributed by atoms with van der Waals surface area (Å²) in [4.78, 5) is 15.5. The van der Waals surface area contributed by atoms with Gasteiger partial charge in [0, 0.05) is 17.9 Å². The van der Waals surface area contributed by atoms with E-state index in [9.17, 15) is 9.18 Å². The lowest BCUT2D eigenvalue weighted by atomic mass is 10.1. The summed E-state index contributed by atoms with van der Waals surface area (Å²) in [5.41, 5.74) is 7.47. The van der Waals surface area contributed by atoms with Gasteiger partial charge < -0.3 is 11.1 Å². The topological polar surface area (TPSA) is 68.0 Å². The molecule has 98 valence electrons. The van der Waals surface area contributed by atoms with Crippen LogP contribution in [0.25, 0.3) is 0 Å². The lowest BCUT2D eigenvalue weighted by molar-refractivity contribution is 0.102. The normalized spacial score (nSPS) is 11.9. The molecule has 0 bridgehead atoms. The van der Waals surface area contributed by atoms with Gasteiger partial charge in [-0.15, -0.1) is 0 Å². The van der Waals surface area contributed by atoms with Gasteiger partial charge in [0.2, 0.25) is 0 Å². The van der Waals surface area contributed by atoms with Crippen molar-refractivity contribution >= 4 is 11.6 Å². The van der Waals surface area contributed by atoms with Crippen LogP contribution in [0.4, 0.5) is 10.1 Å². The Kier molecular flexibility index (Phi) is 3.87. The highest BCUT2D eigenvalue weighted by molar-refractivity contribution is 6.04. The Labute approximate surface area is 110 Å². The van der Waals surface area contributed by atoms with Crippen molar-refractivity contribution in [3.63, 3.8) is 0 Å².